The molecule has 0 radical (unpaired) electrons. The largest absolute Gasteiger partial charge is 0.301 e. The lowest BCUT2D eigenvalue weighted by molar-refractivity contribution is 0.0196. The van der Waals surface area contributed by atoms with Crippen molar-refractivity contribution >= 4 is 11.6 Å². The molecule has 0 amide bonds. The Morgan fingerprint density at radius 3 is 2.87 bits per heavy atom. The molecule has 84 valence electrons. The van der Waals surface area contributed by atoms with Crippen molar-refractivity contribution in [1.29, 1.82) is 0 Å². The van der Waals surface area contributed by atoms with Gasteiger partial charge >= 0.3 is 0 Å². The van der Waals surface area contributed by atoms with E-state index in [-0.39, 0.29) is 5.82 Å². The van der Waals surface area contributed by atoms with Crippen LogP contribution in [-0.2, 0) is 11.4 Å². The second-order valence-corrected chi connectivity index (χ2v) is 4.17. The van der Waals surface area contributed by atoms with Gasteiger partial charge in [0.1, 0.15) is 5.82 Å². The molecular weight excluding hydrogens is 217 g/mol. The van der Waals surface area contributed by atoms with Gasteiger partial charge in [-0.3, -0.25) is 0 Å². The van der Waals surface area contributed by atoms with E-state index in [2.05, 4.69) is 19.3 Å². The lowest BCUT2D eigenvalue weighted by Gasteiger charge is -2.09. The zero-order valence-corrected chi connectivity index (χ0v) is 9.64. The Labute approximate surface area is 94.3 Å². The van der Waals surface area contributed by atoms with Gasteiger partial charge in [0, 0.05) is 11.6 Å². The van der Waals surface area contributed by atoms with Crippen molar-refractivity contribution in [3.8, 4) is 0 Å². The van der Waals surface area contributed by atoms with Crippen LogP contribution in [0.2, 0.25) is 5.02 Å². The van der Waals surface area contributed by atoms with Crippen LogP contribution in [-0.4, -0.2) is 6.61 Å². The highest BCUT2D eigenvalue weighted by molar-refractivity contribution is 6.31. The molecule has 15 heavy (non-hydrogen) atoms. The van der Waals surface area contributed by atoms with Crippen molar-refractivity contribution in [3.05, 3.63) is 34.6 Å². The summed E-state index contributed by atoms with van der Waals surface area (Å²) in [6, 6.07) is 4.27. The van der Waals surface area contributed by atoms with Gasteiger partial charge in [-0.1, -0.05) is 25.4 Å². The first kappa shape index (κ1) is 12.4. The zero-order valence-electron chi connectivity index (χ0n) is 8.89. The summed E-state index contributed by atoms with van der Waals surface area (Å²) in [7, 11) is 0. The highest BCUT2D eigenvalue weighted by Gasteiger charge is 2.02. The number of rotatable bonds is 5. The van der Waals surface area contributed by atoms with Crippen LogP contribution >= 0.6 is 11.6 Å². The lowest BCUT2D eigenvalue weighted by atomic mass is 10.2. The first-order valence-corrected chi connectivity index (χ1v) is 5.26. The van der Waals surface area contributed by atoms with E-state index in [0.717, 1.165) is 0 Å². The minimum Gasteiger partial charge on any atom is -0.301 e. The van der Waals surface area contributed by atoms with Crippen LogP contribution in [0.25, 0.3) is 0 Å². The third kappa shape index (κ3) is 4.60. The van der Waals surface area contributed by atoms with Crippen LogP contribution in [0.4, 0.5) is 4.39 Å². The Balaban J connectivity index is 2.40. The fourth-order valence-corrected chi connectivity index (χ4v) is 1.22. The van der Waals surface area contributed by atoms with E-state index >= 15 is 0 Å². The summed E-state index contributed by atoms with van der Waals surface area (Å²) >= 11 is 5.88. The molecule has 0 saturated carbocycles. The fourth-order valence-electron chi connectivity index (χ4n) is 1.03. The summed E-state index contributed by atoms with van der Waals surface area (Å²) in [5.41, 5.74) is 3.44. The molecule has 0 aromatic heterocycles. The Kier molecular flexibility index (Phi) is 5.02. The van der Waals surface area contributed by atoms with Crippen molar-refractivity contribution in [1.82, 2.24) is 5.48 Å². The summed E-state index contributed by atoms with van der Waals surface area (Å²) in [6.07, 6.45) is 0. The molecule has 1 N–H and O–H groups in total. The van der Waals surface area contributed by atoms with Crippen molar-refractivity contribution in [3.63, 3.8) is 0 Å². The number of halogens is 2. The molecule has 0 fully saturated rings. The average Bonchev–Trinajstić information content (AvgIpc) is 2.17. The third-order valence-corrected chi connectivity index (χ3v) is 2.16. The normalized spacial score (nSPS) is 11.0. The van der Waals surface area contributed by atoms with E-state index in [9.17, 15) is 4.39 Å². The molecule has 1 aromatic carbocycles. The predicted octanol–water partition coefficient (Wildman–Crippen LogP) is 3.16. The number of hydrogen-bond acceptors (Lipinski definition) is 2. The highest BCUT2D eigenvalue weighted by Crippen LogP contribution is 2.16. The quantitative estimate of drug-likeness (QED) is 0.621. The third-order valence-electron chi connectivity index (χ3n) is 1.79. The molecule has 0 aliphatic carbocycles. The Morgan fingerprint density at radius 2 is 2.20 bits per heavy atom. The smallest absolute Gasteiger partial charge is 0.123 e. The van der Waals surface area contributed by atoms with Gasteiger partial charge < -0.3 is 4.84 Å². The molecule has 0 aliphatic heterocycles. The van der Waals surface area contributed by atoms with E-state index < -0.39 is 0 Å². The van der Waals surface area contributed by atoms with Crippen molar-refractivity contribution in [2.24, 2.45) is 5.92 Å². The monoisotopic (exact) mass is 231 g/mol. The lowest BCUT2D eigenvalue weighted by Crippen LogP contribution is -2.17. The van der Waals surface area contributed by atoms with Crippen LogP contribution < -0.4 is 5.48 Å². The molecule has 0 aliphatic rings. The molecule has 1 aromatic rings. The molecule has 0 unspecified atom stereocenters. The SMILES string of the molecule is CC(C)CONCc1cc(F)ccc1Cl. The van der Waals surface area contributed by atoms with Crippen LogP contribution in [0.1, 0.15) is 19.4 Å². The summed E-state index contributed by atoms with van der Waals surface area (Å²) in [5, 5.41) is 0.539. The van der Waals surface area contributed by atoms with Crippen molar-refractivity contribution < 1.29 is 9.23 Å². The molecule has 0 spiro atoms. The zero-order chi connectivity index (χ0) is 11.3. The van der Waals surface area contributed by atoms with E-state index in [1.165, 1.54) is 18.2 Å². The van der Waals surface area contributed by atoms with Gasteiger partial charge in [-0.2, -0.15) is 5.48 Å². The minimum atomic E-state index is -0.292. The minimum absolute atomic E-state index is 0.292. The van der Waals surface area contributed by atoms with E-state index in [4.69, 9.17) is 16.4 Å². The van der Waals surface area contributed by atoms with Crippen LogP contribution in [0.15, 0.2) is 18.2 Å². The molecule has 0 bridgehead atoms. The van der Waals surface area contributed by atoms with Gasteiger partial charge in [-0.15, -0.1) is 0 Å². The van der Waals surface area contributed by atoms with Crippen molar-refractivity contribution in [2.45, 2.75) is 20.4 Å². The predicted molar refractivity (Wildman–Crippen MR) is 59.0 cm³/mol. The van der Waals surface area contributed by atoms with Crippen LogP contribution in [0, 0.1) is 11.7 Å². The maximum Gasteiger partial charge on any atom is 0.123 e. The maximum absolute atomic E-state index is 12.9. The number of hydroxylamine groups is 1. The molecule has 1 rings (SSSR count). The number of hydrogen-bond donors (Lipinski definition) is 1. The van der Waals surface area contributed by atoms with Crippen molar-refractivity contribution in [2.75, 3.05) is 6.61 Å². The van der Waals surface area contributed by atoms with E-state index in [1.54, 1.807) is 0 Å². The average molecular weight is 232 g/mol. The highest BCUT2D eigenvalue weighted by atomic mass is 35.5. The Hall–Kier alpha value is -0.640. The summed E-state index contributed by atoms with van der Waals surface area (Å²) in [6.45, 7) is 5.13. The first-order chi connectivity index (χ1) is 7.09. The van der Waals surface area contributed by atoms with Gasteiger partial charge in [0.2, 0.25) is 0 Å². The standard InChI is InChI=1S/C11H15ClFNO/c1-8(2)7-15-14-6-9-5-10(13)3-4-11(9)12/h3-5,8,14H,6-7H2,1-2H3. The number of nitrogens with one attached hydrogen (secondary N) is 1. The molecular formula is C11H15ClFNO. The molecule has 2 nitrogen and oxygen atoms in total. The van der Waals surface area contributed by atoms with Gasteiger partial charge in [0.05, 0.1) is 6.61 Å². The van der Waals surface area contributed by atoms with Gasteiger partial charge in [-0.05, 0) is 29.7 Å². The second kappa shape index (κ2) is 6.05. The summed E-state index contributed by atoms with van der Waals surface area (Å²) in [4.78, 5) is 5.16. The second-order valence-electron chi connectivity index (χ2n) is 3.76. The maximum atomic E-state index is 12.9. The first-order valence-electron chi connectivity index (χ1n) is 4.88. The van der Waals surface area contributed by atoms with Gasteiger partial charge in [0.25, 0.3) is 0 Å². The Bertz CT molecular complexity index is 317. The fraction of sp³-hybridized carbons (Fsp3) is 0.455. The topological polar surface area (TPSA) is 21.3 Å². The Morgan fingerprint density at radius 1 is 1.47 bits per heavy atom. The molecule has 0 atom stereocenters. The van der Waals surface area contributed by atoms with Gasteiger partial charge in [-0.25, -0.2) is 4.39 Å². The van der Waals surface area contributed by atoms with Crippen LogP contribution in [0.3, 0.4) is 0 Å². The summed E-state index contributed by atoms with van der Waals surface area (Å²) in [5.74, 6) is 0.167. The van der Waals surface area contributed by atoms with E-state index in [1.807, 2.05) is 0 Å². The van der Waals surface area contributed by atoms with E-state index in [0.29, 0.717) is 29.7 Å². The molecule has 0 saturated heterocycles. The van der Waals surface area contributed by atoms with Gasteiger partial charge in [0.15, 0.2) is 0 Å². The summed E-state index contributed by atoms with van der Waals surface area (Å²) < 4.78 is 12.9. The van der Waals surface area contributed by atoms with Crippen LogP contribution in [0.5, 0.6) is 0 Å². The number of benzene rings is 1. The molecule has 4 heteroatoms. The molecule has 0 heterocycles.